The minimum absolute atomic E-state index is 0.688. The van der Waals surface area contributed by atoms with Gasteiger partial charge in [-0.15, -0.1) is 0 Å². The summed E-state index contributed by atoms with van der Waals surface area (Å²) >= 11 is 0. The Morgan fingerprint density at radius 2 is 2.12 bits per heavy atom. The molecule has 0 bridgehead atoms. The minimum atomic E-state index is 0.688. The van der Waals surface area contributed by atoms with Gasteiger partial charge in [-0.25, -0.2) is 0 Å². The molecule has 2 heteroatoms. The lowest BCUT2D eigenvalue weighted by Gasteiger charge is -2.12. The van der Waals surface area contributed by atoms with E-state index in [4.69, 9.17) is 0 Å². The number of nitrogens with zero attached hydrogens (tertiary/aromatic N) is 1. The van der Waals surface area contributed by atoms with Crippen molar-refractivity contribution in [3.63, 3.8) is 0 Å². The highest BCUT2D eigenvalue weighted by atomic mass is 15.0. The van der Waals surface area contributed by atoms with Gasteiger partial charge in [-0.1, -0.05) is 11.6 Å². The van der Waals surface area contributed by atoms with Crippen molar-refractivity contribution in [3.8, 4) is 0 Å². The Labute approximate surface area is 103 Å². The van der Waals surface area contributed by atoms with E-state index in [9.17, 15) is 0 Å². The average molecular weight is 228 g/mol. The first kappa shape index (κ1) is 10.8. The van der Waals surface area contributed by atoms with Crippen molar-refractivity contribution in [3.05, 3.63) is 35.0 Å². The van der Waals surface area contributed by atoms with Crippen LogP contribution >= 0.6 is 0 Å². The molecule has 0 saturated carbocycles. The van der Waals surface area contributed by atoms with Crippen LogP contribution < -0.4 is 5.32 Å². The number of rotatable bonds is 1. The summed E-state index contributed by atoms with van der Waals surface area (Å²) < 4.78 is 2.39. The Morgan fingerprint density at radius 1 is 1.29 bits per heavy atom. The van der Waals surface area contributed by atoms with Gasteiger partial charge in [0.2, 0.25) is 0 Å². The molecule has 1 saturated heterocycles. The fourth-order valence-corrected chi connectivity index (χ4v) is 3.23. The van der Waals surface area contributed by atoms with E-state index in [2.05, 4.69) is 49.0 Å². The van der Waals surface area contributed by atoms with Gasteiger partial charge >= 0.3 is 0 Å². The molecule has 2 nitrogen and oxygen atoms in total. The summed E-state index contributed by atoms with van der Waals surface area (Å²) in [5.41, 5.74) is 5.72. The van der Waals surface area contributed by atoms with Crippen LogP contribution in [0.1, 0.15) is 29.2 Å². The number of fused-ring (bicyclic) bond motifs is 1. The molecule has 90 valence electrons. The molecular weight excluding hydrogens is 208 g/mol. The SMILES string of the molecule is Cc1ccc2c(c1)c(C)c(C1CCNC1)n2C. The Kier molecular flexibility index (Phi) is 2.48. The molecule has 1 aromatic carbocycles. The highest BCUT2D eigenvalue weighted by molar-refractivity contribution is 5.86. The van der Waals surface area contributed by atoms with Crippen LogP contribution in [-0.2, 0) is 7.05 Å². The topological polar surface area (TPSA) is 17.0 Å². The maximum Gasteiger partial charge on any atom is 0.0482 e. The van der Waals surface area contributed by atoms with Gasteiger partial charge in [0.1, 0.15) is 0 Å². The summed E-state index contributed by atoms with van der Waals surface area (Å²) in [5, 5.41) is 4.89. The Morgan fingerprint density at radius 3 is 2.82 bits per heavy atom. The minimum Gasteiger partial charge on any atom is -0.347 e. The molecule has 0 spiro atoms. The van der Waals surface area contributed by atoms with Crippen molar-refractivity contribution in [2.24, 2.45) is 7.05 Å². The van der Waals surface area contributed by atoms with Crippen LogP contribution in [0.3, 0.4) is 0 Å². The number of nitrogens with one attached hydrogen (secondary N) is 1. The second kappa shape index (κ2) is 3.88. The average Bonchev–Trinajstić information content (AvgIpc) is 2.88. The molecule has 1 aliphatic rings. The molecule has 0 aliphatic carbocycles. The predicted octanol–water partition coefficient (Wildman–Crippen LogP) is 2.87. The van der Waals surface area contributed by atoms with E-state index >= 15 is 0 Å². The smallest absolute Gasteiger partial charge is 0.0482 e. The fourth-order valence-electron chi connectivity index (χ4n) is 3.23. The second-order valence-corrected chi connectivity index (χ2v) is 5.28. The van der Waals surface area contributed by atoms with Gasteiger partial charge in [-0.2, -0.15) is 0 Å². The largest absolute Gasteiger partial charge is 0.347 e. The summed E-state index contributed by atoms with van der Waals surface area (Å²) in [6.45, 7) is 6.73. The van der Waals surface area contributed by atoms with Crippen LogP contribution in [0.25, 0.3) is 10.9 Å². The van der Waals surface area contributed by atoms with Crippen LogP contribution in [0.5, 0.6) is 0 Å². The highest BCUT2D eigenvalue weighted by Crippen LogP contribution is 2.33. The van der Waals surface area contributed by atoms with Gasteiger partial charge in [0.05, 0.1) is 0 Å². The van der Waals surface area contributed by atoms with E-state index in [0.29, 0.717) is 5.92 Å². The number of hydrogen-bond acceptors (Lipinski definition) is 1. The zero-order valence-electron chi connectivity index (χ0n) is 10.9. The zero-order chi connectivity index (χ0) is 12.0. The van der Waals surface area contributed by atoms with Crippen molar-refractivity contribution in [1.29, 1.82) is 0 Å². The molecule has 1 unspecified atom stereocenters. The van der Waals surface area contributed by atoms with Crippen molar-refractivity contribution in [2.75, 3.05) is 13.1 Å². The van der Waals surface area contributed by atoms with Gasteiger partial charge in [0.25, 0.3) is 0 Å². The Balaban J connectivity index is 2.24. The fraction of sp³-hybridized carbons (Fsp3) is 0.467. The van der Waals surface area contributed by atoms with Crippen LogP contribution in [0.15, 0.2) is 18.2 Å². The molecule has 0 radical (unpaired) electrons. The molecule has 3 rings (SSSR count). The molecule has 0 amide bonds. The van der Waals surface area contributed by atoms with E-state index in [1.54, 1.807) is 0 Å². The number of hydrogen-bond donors (Lipinski definition) is 1. The van der Waals surface area contributed by atoms with Crippen LogP contribution in [-0.4, -0.2) is 17.7 Å². The number of aromatic nitrogens is 1. The first-order chi connectivity index (χ1) is 8.18. The van der Waals surface area contributed by atoms with Crippen molar-refractivity contribution in [2.45, 2.75) is 26.2 Å². The molecular formula is C15H20N2. The predicted molar refractivity (Wildman–Crippen MR) is 72.6 cm³/mol. The van der Waals surface area contributed by atoms with E-state index in [1.165, 1.54) is 34.1 Å². The first-order valence-electron chi connectivity index (χ1n) is 6.44. The first-order valence-corrected chi connectivity index (χ1v) is 6.44. The lowest BCUT2D eigenvalue weighted by molar-refractivity contribution is 0.688. The standard InChI is InChI=1S/C15H20N2/c1-10-4-5-14-13(8-10)11(2)15(17(14)3)12-6-7-16-9-12/h4-5,8,12,16H,6-7,9H2,1-3H3. The van der Waals surface area contributed by atoms with E-state index in [-0.39, 0.29) is 0 Å². The lowest BCUT2D eigenvalue weighted by Crippen LogP contribution is -2.11. The molecule has 2 heterocycles. The third-order valence-corrected chi connectivity index (χ3v) is 4.11. The third-order valence-electron chi connectivity index (χ3n) is 4.11. The van der Waals surface area contributed by atoms with Crippen molar-refractivity contribution < 1.29 is 0 Å². The molecule has 2 aromatic rings. The lowest BCUT2D eigenvalue weighted by atomic mass is 10.00. The van der Waals surface area contributed by atoms with E-state index < -0.39 is 0 Å². The van der Waals surface area contributed by atoms with E-state index in [0.717, 1.165) is 13.1 Å². The van der Waals surface area contributed by atoms with Crippen LogP contribution in [0.2, 0.25) is 0 Å². The number of benzene rings is 1. The highest BCUT2D eigenvalue weighted by Gasteiger charge is 2.23. The summed E-state index contributed by atoms with van der Waals surface area (Å²) in [7, 11) is 2.21. The quantitative estimate of drug-likeness (QED) is 0.794. The van der Waals surface area contributed by atoms with Crippen molar-refractivity contribution in [1.82, 2.24) is 9.88 Å². The summed E-state index contributed by atoms with van der Waals surface area (Å²) in [5.74, 6) is 0.688. The normalized spacial score (nSPS) is 20.3. The van der Waals surface area contributed by atoms with Gasteiger partial charge in [0.15, 0.2) is 0 Å². The van der Waals surface area contributed by atoms with Gasteiger partial charge < -0.3 is 9.88 Å². The molecule has 1 aromatic heterocycles. The van der Waals surface area contributed by atoms with Crippen molar-refractivity contribution >= 4 is 10.9 Å². The molecule has 1 fully saturated rings. The monoisotopic (exact) mass is 228 g/mol. The summed E-state index contributed by atoms with van der Waals surface area (Å²) in [6, 6.07) is 6.78. The Bertz CT molecular complexity index is 560. The maximum atomic E-state index is 3.47. The van der Waals surface area contributed by atoms with Gasteiger partial charge in [0, 0.05) is 36.1 Å². The van der Waals surface area contributed by atoms with Crippen LogP contribution in [0, 0.1) is 13.8 Å². The number of aryl methyl sites for hydroxylation is 3. The van der Waals surface area contributed by atoms with Gasteiger partial charge in [-0.05, 0) is 44.5 Å². The Hall–Kier alpha value is -1.28. The third kappa shape index (κ3) is 1.59. The second-order valence-electron chi connectivity index (χ2n) is 5.28. The molecule has 1 atom stereocenters. The van der Waals surface area contributed by atoms with Gasteiger partial charge in [-0.3, -0.25) is 0 Å². The zero-order valence-corrected chi connectivity index (χ0v) is 10.9. The van der Waals surface area contributed by atoms with E-state index in [1.807, 2.05) is 0 Å². The molecule has 1 aliphatic heterocycles. The molecule has 17 heavy (non-hydrogen) atoms. The summed E-state index contributed by atoms with van der Waals surface area (Å²) in [6.07, 6.45) is 1.27. The van der Waals surface area contributed by atoms with Crippen LogP contribution in [0.4, 0.5) is 0 Å². The maximum absolute atomic E-state index is 3.47. The summed E-state index contributed by atoms with van der Waals surface area (Å²) in [4.78, 5) is 0. The molecule has 1 N–H and O–H groups in total.